The molecule has 0 spiro atoms. The lowest BCUT2D eigenvalue weighted by Crippen LogP contribution is -2.05. The predicted octanol–water partition coefficient (Wildman–Crippen LogP) is 1.98. The Bertz CT molecular complexity index is 842. The Morgan fingerprint density at radius 3 is 2.68 bits per heavy atom. The standard InChI is InChI=1S/C15H8N2O2/c18-15-12(6-5-11-7-16-10-17-8-11)9-19-14-4-2-1-3-13(14)15/h1-4,7-10H. The number of nitrogens with zero attached hydrogens (tertiary/aromatic N) is 2. The fraction of sp³-hybridized carbons (Fsp3) is 0. The minimum atomic E-state index is -0.133. The summed E-state index contributed by atoms with van der Waals surface area (Å²) in [6.45, 7) is 0. The van der Waals surface area contributed by atoms with Gasteiger partial charge >= 0.3 is 0 Å². The Balaban J connectivity index is 2.10. The second-order valence-electron chi connectivity index (χ2n) is 3.85. The van der Waals surface area contributed by atoms with E-state index in [9.17, 15) is 4.79 Å². The molecule has 0 aliphatic rings. The molecule has 3 rings (SSSR count). The van der Waals surface area contributed by atoms with Gasteiger partial charge in [0.25, 0.3) is 0 Å². The number of para-hydroxylation sites is 1. The highest BCUT2D eigenvalue weighted by Crippen LogP contribution is 2.09. The van der Waals surface area contributed by atoms with Crippen LogP contribution in [0.1, 0.15) is 11.1 Å². The molecule has 4 heteroatoms. The quantitative estimate of drug-likeness (QED) is 0.571. The van der Waals surface area contributed by atoms with Crippen LogP contribution in [0.4, 0.5) is 0 Å². The minimum Gasteiger partial charge on any atom is -0.463 e. The Morgan fingerprint density at radius 2 is 1.84 bits per heavy atom. The van der Waals surface area contributed by atoms with Gasteiger partial charge in [-0.3, -0.25) is 4.79 Å². The minimum absolute atomic E-state index is 0.133. The van der Waals surface area contributed by atoms with E-state index in [-0.39, 0.29) is 5.43 Å². The lowest BCUT2D eigenvalue weighted by molar-refractivity contribution is 0.600. The van der Waals surface area contributed by atoms with E-state index in [2.05, 4.69) is 21.8 Å². The molecule has 1 aromatic carbocycles. The molecule has 19 heavy (non-hydrogen) atoms. The number of hydrogen-bond donors (Lipinski definition) is 0. The summed E-state index contributed by atoms with van der Waals surface area (Å²) in [7, 11) is 0. The molecule has 0 atom stereocenters. The van der Waals surface area contributed by atoms with Crippen molar-refractivity contribution in [3.8, 4) is 11.8 Å². The lowest BCUT2D eigenvalue weighted by atomic mass is 10.2. The summed E-state index contributed by atoms with van der Waals surface area (Å²) in [5, 5.41) is 0.526. The summed E-state index contributed by atoms with van der Waals surface area (Å²) in [6, 6.07) is 7.08. The van der Waals surface area contributed by atoms with E-state index in [1.165, 1.54) is 12.6 Å². The maximum atomic E-state index is 12.2. The molecule has 3 aromatic rings. The van der Waals surface area contributed by atoms with Crippen LogP contribution >= 0.6 is 0 Å². The maximum Gasteiger partial charge on any atom is 0.208 e. The van der Waals surface area contributed by atoms with E-state index in [1.807, 2.05) is 6.07 Å². The summed E-state index contributed by atoms with van der Waals surface area (Å²) in [5.74, 6) is 5.62. The Kier molecular flexibility index (Phi) is 2.79. The Morgan fingerprint density at radius 1 is 1.05 bits per heavy atom. The SMILES string of the molecule is O=c1c(C#Cc2cncnc2)coc2ccccc12. The fourth-order valence-electron chi connectivity index (χ4n) is 1.67. The summed E-state index contributed by atoms with van der Waals surface area (Å²) >= 11 is 0. The predicted molar refractivity (Wildman–Crippen MR) is 70.5 cm³/mol. The molecule has 0 aliphatic heterocycles. The molecular formula is C15H8N2O2. The Labute approximate surface area is 108 Å². The first kappa shape index (κ1) is 11.2. The molecule has 2 aromatic heterocycles. The maximum absolute atomic E-state index is 12.2. The second kappa shape index (κ2) is 4.75. The number of hydrogen-bond acceptors (Lipinski definition) is 4. The molecule has 0 N–H and O–H groups in total. The second-order valence-corrected chi connectivity index (χ2v) is 3.85. The molecule has 4 nitrogen and oxygen atoms in total. The Hall–Kier alpha value is -2.93. The third-order valence-corrected chi connectivity index (χ3v) is 2.58. The van der Waals surface area contributed by atoms with Gasteiger partial charge in [-0.05, 0) is 12.1 Å². The van der Waals surface area contributed by atoms with Gasteiger partial charge in [-0.1, -0.05) is 24.0 Å². The number of fused-ring (bicyclic) bond motifs is 1. The largest absolute Gasteiger partial charge is 0.463 e. The topological polar surface area (TPSA) is 56.0 Å². The van der Waals surface area contributed by atoms with Crippen molar-refractivity contribution in [3.63, 3.8) is 0 Å². The molecule has 0 fully saturated rings. The van der Waals surface area contributed by atoms with Crippen molar-refractivity contribution in [3.05, 3.63) is 70.6 Å². The average Bonchev–Trinajstić information content (AvgIpc) is 2.48. The van der Waals surface area contributed by atoms with E-state index in [4.69, 9.17) is 4.42 Å². The zero-order chi connectivity index (χ0) is 13.1. The van der Waals surface area contributed by atoms with Crippen LogP contribution in [-0.4, -0.2) is 9.97 Å². The number of aromatic nitrogens is 2. The molecule has 0 saturated heterocycles. The smallest absolute Gasteiger partial charge is 0.208 e. The molecule has 0 bridgehead atoms. The third kappa shape index (κ3) is 2.22. The normalized spacial score (nSPS) is 9.89. The first-order valence-electron chi connectivity index (χ1n) is 5.62. The van der Waals surface area contributed by atoms with E-state index in [0.717, 1.165) is 0 Å². The van der Waals surface area contributed by atoms with Crippen LogP contribution in [0.5, 0.6) is 0 Å². The molecule has 0 aliphatic carbocycles. The van der Waals surface area contributed by atoms with E-state index >= 15 is 0 Å². The lowest BCUT2D eigenvalue weighted by Gasteiger charge is -1.95. The van der Waals surface area contributed by atoms with Crippen LogP contribution in [-0.2, 0) is 0 Å². The summed E-state index contributed by atoms with van der Waals surface area (Å²) in [4.78, 5) is 19.9. The molecule has 90 valence electrons. The zero-order valence-electron chi connectivity index (χ0n) is 9.83. The molecule has 2 heterocycles. The van der Waals surface area contributed by atoms with E-state index < -0.39 is 0 Å². The molecule has 0 radical (unpaired) electrons. The zero-order valence-corrected chi connectivity index (χ0v) is 9.83. The van der Waals surface area contributed by atoms with Crippen molar-refractivity contribution < 1.29 is 4.42 Å². The van der Waals surface area contributed by atoms with Gasteiger partial charge in [0.15, 0.2) is 0 Å². The van der Waals surface area contributed by atoms with Crippen molar-refractivity contribution in [2.75, 3.05) is 0 Å². The van der Waals surface area contributed by atoms with Gasteiger partial charge < -0.3 is 4.42 Å². The number of benzene rings is 1. The molecule has 0 unspecified atom stereocenters. The molecular weight excluding hydrogens is 240 g/mol. The van der Waals surface area contributed by atoms with Crippen LogP contribution in [0.25, 0.3) is 11.0 Å². The van der Waals surface area contributed by atoms with Gasteiger partial charge in [-0.25, -0.2) is 9.97 Å². The monoisotopic (exact) mass is 248 g/mol. The third-order valence-electron chi connectivity index (χ3n) is 2.58. The van der Waals surface area contributed by atoms with Crippen molar-refractivity contribution in [1.82, 2.24) is 9.97 Å². The van der Waals surface area contributed by atoms with Crippen LogP contribution < -0.4 is 5.43 Å². The van der Waals surface area contributed by atoms with Crippen molar-refractivity contribution in [1.29, 1.82) is 0 Å². The summed E-state index contributed by atoms with van der Waals surface area (Å²) in [5.41, 5.74) is 1.39. The van der Waals surface area contributed by atoms with Crippen LogP contribution in [0.2, 0.25) is 0 Å². The van der Waals surface area contributed by atoms with Crippen molar-refractivity contribution in [2.24, 2.45) is 0 Å². The van der Waals surface area contributed by atoms with Crippen molar-refractivity contribution >= 4 is 11.0 Å². The van der Waals surface area contributed by atoms with E-state index in [1.54, 1.807) is 30.6 Å². The van der Waals surface area contributed by atoms with Gasteiger partial charge in [0.1, 0.15) is 23.7 Å². The fourth-order valence-corrected chi connectivity index (χ4v) is 1.67. The van der Waals surface area contributed by atoms with Crippen molar-refractivity contribution in [2.45, 2.75) is 0 Å². The molecule has 0 amide bonds. The summed E-state index contributed by atoms with van der Waals surface area (Å²) in [6.07, 6.45) is 5.97. The first-order valence-corrected chi connectivity index (χ1v) is 5.62. The van der Waals surface area contributed by atoms with Gasteiger partial charge in [0.2, 0.25) is 5.43 Å². The highest BCUT2D eigenvalue weighted by molar-refractivity contribution is 5.77. The van der Waals surface area contributed by atoms with Crippen LogP contribution in [0.3, 0.4) is 0 Å². The van der Waals surface area contributed by atoms with Gasteiger partial charge in [-0.2, -0.15) is 0 Å². The highest BCUT2D eigenvalue weighted by Gasteiger charge is 2.03. The highest BCUT2D eigenvalue weighted by atomic mass is 16.3. The van der Waals surface area contributed by atoms with Gasteiger partial charge in [-0.15, -0.1) is 0 Å². The van der Waals surface area contributed by atoms with Crippen LogP contribution in [0.15, 0.2) is 58.5 Å². The van der Waals surface area contributed by atoms with Crippen LogP contribution in [0, 0.1) is 11.8 Å². The van der Waals surface area contributed by atoms with Gasteiger partial charge in [0, 0.05) is 12.4 Å². The average molecular weight is 248 g/mol. The first-order chi connectivity index (χ1) is 9.34. The molecule has 0 saturated carbocycles. The van der Waals surface area contributed by atoms with Gasteiger partial charge in [0.05, 0.1) is 10.9 Å². The van der Waals surface area contributed by atoms with E-state index in [0.29, 0.717) is 22.1 Å². The summed E-state index contributed by atoms with van der Waals surface area (Å²) < 4.78 is 5.38. The number of rotatable bonds is 0.